The van der Waals surface area contributed by atoms with Crippen LogP contribution in [0.25, 0.3) is 5.57 Å². The van der Waals surface area contributed by atoms with Gasteiger partial charge in [0.2, 0.25) is 5.91 Å². The average molecular weight is 361 g/mol. The molecule has 2 aliphatic rings. The quantitative estimate of drug-likeness (QED) is 0.855. The van der Waals surface area contributed by atoms with Gasteiger partial charge in [0.1, 0.15) is 6.33 Å². The first kappa shape index (κ1) is 17.9. The topological polar surface area (TPSA) is 68.9 Å². The zero-order valence-corrected chi connectivity index (χ0v) is 15.9. The Morgan fingerprint density at radius 2 is 1.93 bits per heavy atom. The molecule has 0 bridgehead atoms. The summed E-state index contributed by atoms with van der Waals surface area (Å²) in [5.41, 5.74) is 11.4. The average Bonchev–Trinajstić information content (AvgIpc) is 2.77. The lowest BCUT2D eigenvalue weighted by Crippen LogP contribution is -2.22. The van der Waals surface area contributed by atoms with E-state index in [0.29, 0.717) is 23.3 Å². The maximum absolute atomic E-state index is 11.5. The van der Waals surface area contributed by atoms with Crippen LogP contribution in [0.1, 0.15) is 72.0 Å². The fourth-order valence-corrected chi connectivity index (χ4v) is 4.96. The van der Waals surface area contributed by atoms with E-state index in [0.717, 1.165) is 24.8 Å². The van der Waals surface area contributed by atoms with Gasteiger partial charge >= 0.3 is 0 Å². The highest BCUT2D eigenvalue weighted by atomic mass is 16.1. The van der Waals surface area contributed by atoms with E-state index in [-0.39, 0.29) is 5.91 Å². The van der Waals surface area contributed by atoms with Crippen molar-refractivity contribution in [3.05, 3.63) is 65.2 Å². The molecule has 1 aromatic heterocycles. The van der Waals surface area contributed by atoms with Gasteiger partial charge in [-0.3, -0.25) is 4.79 Å². The fraction of sp³-hybridized carbons (Fsp3) is 0.435. The number of carbonyl (C=O) groups is 1. The van der Waals surface area contributed by atoms with E-state index in [1.165, 1.54) is 36.0 Å². The van der Waals surface area contributed by atoms with E-state index in [1.807, 2.05) is 24.5 Å². The van der Waals surface area contributed by atoms with Crippen molar-refractivity contribution in [1.82, 2.24) is 9.97 Å². The number of hydrogen-bond donors (Lipinski definition) is 1. The van der Waals surface area contributed by atoms with Gasteiger partial charge < -0.3 is 5.73 Å². The monoisotopic (exact) mass is 361 g/mol. The van der Waals surface area contributed by atoms with Crippen LogP contribution in [0.2, 0.25) is 0 Å². The third kappa shape index (κ3) is 3.66. The van der Waals surface area contributed by atoms with E-state index in [4.69, 9.17) is 5.73 Å². The first-order chi connectivity index (χ1) is 13.1. The lowest BCUT2D eigenvalue weighted by atomic mass is 9.71. The van der Waals surface area contributed by atoms with E-state index in [2.05, 4.69) is 29.0 Å². The molecule has 4 nitrogen and oxygen atoms in total. The summed E-state index contributed by atoms with van der Waals surface area (Å²) in [6, 6.07) is 6.09. The number of amides is 1. The van der Waals surface area contributed by atoms with Crippen LogP contribution >= 0.6 is 0 Å². The second-order valence-corrected chi connectivity index (χ2v) is 8.03. The van der Waals surface area contributed by atoms with Gasteiger partial charge in [-0.25, -0.2) is 9.97 Å². The molecule has 1 heterocycles. The molecule has 0 aliphatic heterocycles. The molecule has 1 amide bonds. The Bertz CT molecular complexity index is 859. The summed E-state index contributed by atoms with van der Waals surface area (Å²) < 4.78 is 0. The number of benzene rings is 1. The number of nitrogens with zero attached hydrogens (tertiary/aromatic N) is 2. The van der Waals surface area contributed by atoms with Gasteiger partial charge in [0, 0.05) is 23.5 Å². The predicted octanol–water partition coefficient (Wildman–Crippen LogP) is 4.52. The van der Waals surface area contributed by atoms with Crippen LogP contribution in [0.15, 0.2) is 43.0 Å². The fourth-order valence-electron chi connectivity index (χ4n) is 4.96. The summed E-state index contributed by atoms with van der Waals surface area (Å²) >= 11 is 0. The molecule has 140 valence electrons. The molecule has 0 radical (unpaired) electrons. The van der Waals surface area contributed by atoms with Crippen molar-refractivity contribution < 1.29 is 4.79 Å². The molecule has 2 aliphatic carbocycles. The number of allylic oxidation sites excluding steroid dienone is 2. The normalized spacial score (nSPS) is 25.2. The molecule has 0 saturated heterocycles. The van der Waals surface area contributed by atoms with Crippen molar-refractivity contribution in [3.63, 3.8) is 0 Å². The standard InChI is InChI=1S/C23H27N3O/c1-15-5-9-21-16(3-2-4-20(15)19-12-25-14-26-13-19)6-7-17-11-18(23(24)27)8-10-22(17)21/h4,8,10-16,21H,2-3,5-7,9H2,1H3,(H2,24,27). The van der Waals surface area contributed by atoms with Gasteiger partial charge in [-0.1, -0.05) is 19.1 Å². The number of primary amides is 1. The highest BCUT2D eigenvalue weighted by molar-refractivity contribution is 5.93. The molecule has 0 fully saturated rings. The second kappa shape index (κ2) is 7.63. The van der Waals surface area contributed by atoms with Crippen LogP contribution in [0.5, 0.6) is 0 Å². The third-order valence-electron chi connectivity index (χ3n) is 6.42. The summed E-state index contributed by atoms with van der Waals surface area (Å²) in [7, 11) is 0. The molecule has 3 atom stereocenters. The number of carbonyl (C=O) groups excluding carboxylic acids is 1. The Hall–Kier alpha value is -2.49. The van der Waals surface area contributed by atoms with Gasteiger partial charge in [-0.05, 0) is 85.1 Å². The van der Waals surface area contributed by atoms with Crippen molar-refractivity contribution in [3.8, 4) is 0 Å². The lowest BCUT2D eigenvalue weighted by Gasteiger charge is -2.34. The Balaban J connectivity index is 1.60. The number of aryl methyl sites for hydroxylation is 1. The Labute approximate surface area is 160 Å². The summed E-state index contributed by atoms with van der Waals surface area (Å²) in [4.78, 5) is 19.9. The predicted molar refractivity (Wildman–Crippen MR) is 107 cm³/mol. The highest BCUT2D eigenvalue weighted by Crippen LogP contribution is 2.44. The van der Waals surface area contributed by atoms with Gasteiger partial charge in [-0.2, -0.15) is 0 Å². The van der Waals surface area contributed by atoms with Gasteiger partial charge in [0.05, 0.1) is 0 Å². The van der Waals surface area contributed by atoms with Gasteiger partial charge in [0.15, 0.2) is 0 Å². The van der Waals surface area contributed by atoms with Crippen LogP contribution in [0, 0.1) is 11.8 Å². The summed E-state index contributed by atoms with van der Waals surface area (Å²) in [6.07, 6.45) is 14.8. The third-order valence-corrected chi connectivity index (χ3v) is 6.42. The number of rotatable bonds is 2. The SMILES string of the molecule is CC1CCC2c3ccc(C(N)=O)cc3CCC2CCC=C1c1cncnc1. The molecule has 4 rings (SSSR count). The summed E-state index contributed by atoms with van der Waals surface area (Å²) in [6.45, 7) is 2.32. The van der Waals surface area contributed by atoms with Crippen LogP contribution in [0.4, 0.5) is 0 Å². The number of aromatic nitrogens is 2. The maximum Gasteiger partial charge on any atom is 0.248 e. The van der Waals surface area contributed by atoms with Crippen LogP contribution in [0.3, 0.4) is 0 Å². The molecule has 27 heavy (non-hydrogen) atoms. The number of fused-ring (bicyclic) bond motifs is 3. The highest BCUT2D eigenvalue weighted by Gasteiger charge is 2.31. The minimum atomic E-state index is -0.332. The Kier molecular flexibility index (Phi) is 5.06. The molecular weight excluding hydrogens is 334 g/mol. The summed E-state index contributed by atoms with van der Waals surface area (Å²) in [5, 5.41) is 0. The van der Waals surface area contributed by atoms with E-state index in [1.54, 1.807) is 6.33 Å². The van der Waals surface area contributed by atoms with Gasteiger partial charge in [0.25, 0.3) is 0 Å². The Morgan fingerprint density at radius 1 is 1.11 bits per heavy atom. The summed E-state index contributed by atoms with van der Waals surface area (Å²) in [5.74, 6) is 1.46. The molecule has 4 heteroatoms. The Morgan fingerprint density at radius 3 is 2.70 bits per heavy atom. The number of hydrogen-bond acceptors (Lipinski definition) is 3. The van der Waals surface area contributed by atoms with Crippen molar-refractivity contribution in [2.75, 3.05) is 0 Å². The van der Waals surface area contributed by atoms with E-state index in [9.17, 15) is 4.79 Å². The van der Waals surface area contributed by atoms with Crippen molar-refractivity contribution in [2.45, 2.75) is 51.4 Å². The maximum atomic E-state index is 11.5. The van der Waals surface area contributed by atoms with E-state index >= 15 is 0 Å². The molecule has 3 unspecified atom stereocenters. The minimum Gasteiger partial charge on any atom is -0.366 e. The molecule has 2 N–H and O–H groups in total. The van der Waals surface area contributed by atoms with Crippen LogP contribution in [-0.2, 0) is 6.42 Å². The second-order valence-electron chi connectivity index (χ2n) is 8.03. The zero-order chi connectivity index (χ0) is 18.8. The van der Waals surface area contributed by atoms with E-state index < -0.39 is 0 Å². The van der Waals surface area contributed by atoms with Crippen LogP contribution in [-0.4, -0.2) is 15.9 Å². The largest absolute Gasteiger partial charge is 0.366 e. The minimum absolute atomic E-state index is 0.332. The zero-order valence-electron chi connectivity index (χ0n) is 15.9. The molecule has 1 aromatic carbocycles. The van der Waals surface area contributed by atoms with Crippen molar-refractivity contribution in [2.24, 2.45) is 17.6 Å². The van der Waals surface area contributed by atoms with Crippen molar-refractivity contribution in [1.29, 1.82) is 0 Å². The van der Waals surface area contributed by atoms with Crippen LogP contribution < -0.4 is 5.73 Å². The molecule has 0 spiro atoms. The van der Waals surface area contributed by atoms with Crippen molar-refractivity contribution >= 4 is 11.5 Å². The lowest BCUT2D eigenvalue weighted by molar-refractivity contribution is 0.1000. The molecule has 0 saturated carbocycles. The molecular formula is C23H27N3O. The van der Waals surface area contributed by atoms with Gasteiger partial charge in [-0.15, -0.1) is 0 Å². The smallest absolute Gasteiger partial charge is 0.248 e. The molecule has 2 aromatic rings. The first-order valence-corrected chi connectivity index (χ1v) is 10.0. The first-order valence-electron chi connectivity index (χ1n) is 10.0. The number of nitrogens with two attached hydrogens (primary N) is 1.